The van der Waals surface area contributed by atoms with Gasteiger partial charge in [0.05, 0.1) is 7.05 Å². The first-order chi connectivity index (χ1) is 10.0. The summed E-state index contributed by atoms with van der Waals surface area (Å²) in [6, 6.07) is 13.8. The third-order valence-corrected chi connectivity index (χ3v) is 3.54. The minimum absolute atomic E-state index is 0.0868. The number of amides is 1. The molecule has 5 heteroatoms. The number of nitrogens with one attached hydrogen (secondary N) is 2. The van der Waals surface area contributed by atoms with Gasteiger partial charge in [-0.2, -0.15) is 0 Å². The first-order valence-corrected chi connectivity index (χ1v) is 7.43. The highest BCUT2D eigenvalue weighted by Gasteiger charge is 2.10. The Labute approximate surface area is 131 Å². The standard InChI is InChI=1S/C16H16BrFN2O/c1-20(10-12-2-4-13(17)5-3-12)11-16(21)19-15-8-6-14(18)7-9-15/h2-9H,10-11H2,1H3,(H,19,21)/p+1. The average Bonchev–Trinajstić information content (AvgIpc) is 2.44. The van der Waals surface area contributed by atoms with Crippen molar-refractivity contribution in [2.24, 2.45) is 0 Å². The largest absolute Gasteiger partial charge is 0.326 e. The normalized spacial score (nSPS) is 12.0. The van der Waals surface area contributed by atoms with Crippen LogP contribution < -0.4 is 10.2 Å². The van der Waals surface area contributed by atoms with Crippen molar-refractivity contribution in [3.63, 3.8) is 0 Å². The van der Waals surface area contributed by atoms with Gasteiger partial charge in [0.2, 0.25) is 0 Å². The number of anilines is 1. The molecular formula is C16H17BrFN2O+. The van der Waals surface area contributed by atoms with Gasteiger partial charge in [-0.25, -0.2) is 4.39 Å². The Balaban J connectivity index is 1.84. The second kappa shape index (κ2) is 7.33. The molecule has 0 bridgehead atoms. The number of hydrogen-bond donors (Lipinski definition) is 2. The van der Waals surface area contributed by atoms with Crippen molar-refractivity contribution in [2.45, 2.75) is 6.54 Å². The molecule has 0 aliphatic heterocycles. The van der Waals surface area contributed by atoms with E-state index in [9.17, 15) is 9.18 Å². The summed E-state index contributed by atoms with van der Waals surface area (Å²) in [7, 11) is 1.96. The summed E-state index contributed by atoms with van der Waals surface area (Å²) in [5.74, 6) is -0.401. The second-order valence-corrected chi connectivity index (χ2v) is 5.91. The number of likely N-dealkylation sites (N-methyl/N-ethyl adjacent to an activating group) is 1. The molecule has 3 nitrogen and oxygen atoms in total. The van der Waals surface area contributed by atoms with Crippen LogP contribution in [0.4, 0.5) is 10.1 Å². The van der Waals surface area contributed by atoms with Crippen LogP contribution in [0.2, 0.25) is 0 Å². The molecule has 0 fully saturated rings. The number of halogens is 2. The van der Waals surface area contributed by atoms with Crippen LogP contribution in [0.15, 0.2) is 53.0 Å². The molecule has 2 aromatic carbocycles. The topological polar surface area (TPSA) is 33.5 Å². The van der Waals surface area contributed by atoms with Crippen molar-refractivity contribution in [3.05, 3.63) is 64.4 Å². The summed E-state index contributed by atoms with van der Waals surface area (Å²) in [6.07, 6.45) is 0. The van der Waals surface area contributed by atoms with Crippen LogP contribution in [0.5, 0.6) is 0 Å². The van der Waals surface area contributed by atoms with Crippen LogP contribution >= 0.6 is 15.9 Å². The second-order valence-electron chi connectivity index (χ2n) is 4.99. The molecule has 110 valence electrons. The van der Waals surface area contributed by atoms with Gasteiger partial charge in [-0.15, -0.1) is 0 Å². The van der Waals surface area contributed by atoms with E-state index in [1.807, 2.05) is 31.3 Å². The molecule has 0 heterocycles. The number of hydrogen-bond acceptors (Lipinski definition) is 1. The monoisotopic (exact) mass is 351 g/mol. The van der Waals surface area contributed by atoms with Gasteiger partial charge in [0.15, 0.2) is 6.54 Å². The third kappa shape index (κ3) is 5.28. The van der Waals surface area contributed by atoms with Crippen molar-refractivity contribution in [3.8, 4) is 0 Å². The smallest absolute Gasteiger partial charge is 0.279 e. The Morgan fingerprint density at radius 2 is 1.76 bits per heavy atom. The van der Waals surface area contributed by atoms with E-state index in [1.54, 1.807) is 12.1 Å². The minimum atomic E-state index is -0.314. The Morgan fingerprint density at radius 3 is 2.38 bits per heavy atom. The van der Waals surface area contributed by atoms with Crippen LogP contribution in [0.25, 0.3) is 0 Å². The zero-order valence-electron chi connectivity index (χ0n) is 11.7. The van der Waals surface area contributed by atoms with E-state index in [2.05, 4.69) is 21.2 Å². The molecular weight excluding hydrogens is 335 g/mol. The summed E-state index contributed by atoms with van der Waals surface area (Å²) in [6.45, 7) is 1.12. The van der Waals surface area contributed by atoms with E-state index >= 15 is 0 Å². The minimum Gasteiger partial charge on any atom is -0.326 e. The molecule has 21 heavy (non-hydrogen) atoms. The average molecular weight is 352 g/mol. The molecule has 0 aliphatic rings. The SMILES string of the molecule is C[NH+](CC(=O)Nc1ccc(F)cc1)Cc1ccc(Br)cc1. The van der Waals surface area contributed by atoms with E-state index < -0.39 is 0 Å². The Bertz CT molecular complexity index is 599. The fraction of sp³-hybridized carbons (Fsp3) is 0.188. The molecule has 0 saturated heterocycles. The molecule has 0 spiro atoms. The van der Waals surface area contributed by atoms with E-state index in [-0.39, 0.29) is 11.7 Å². The first-order valence-electron chi connectivity index (χ1n) is 6.64. The number of carbonyl (C=O) groups excluding carboxylic acids is 1. The van der Waals surface area contributed by atoms with Crippen molar-refractivity contribution in [2.75, 3.05) is 18.9 Å². The van der Waals surface area contributed by atoms with Gasteiger partial charge in [-0.05, 0) is 36.4 Å². The fourth-order valence-corrected chi connectivity index (χ4v) is 2.29. The van der Waals surface area contributed by atoms with Crippen molar-refractivity contribution in [1.82, 2.24) is 0 Å². The van der Waals surface area contributed by atoms with Crippen LogP contribution in [-0.4, -0.2) is 19.5 Å². The molecule has 0 saturated carbocycles. The number of quaternary nitrogens is 1. The van der Waals surface area contributed by atoms with Crippen molar-refractivity contribution >= 4 is 27.5 Å². The Morgan fingerprint density at radius 1 is 1.14 bits per heavy atom. The molecule has 2 N–H and O–H groups in total. The fourth-order valence-electron chi connectivity index (χ4n) is 2.03. The lowest BCUT2D eigenvalue weighted by molar-refractivity contribution is -0.885. The van der Waals surface area contributed by atoms with Gasteiger partial charge in [0.1, 0.15) is 12.4 Å². The summed E-state index contributed by atoms with van der Waals surface area (Å²) in [5, 5.41) is 2.76. The number of carbonyl (C=O) groups is 1. The molecule has 2 rings (SSSR count). The van der Waals surface area contributed by atoms with E-state index in [1.165, 1.54) is 17.7 Å². The van der Waals surface area contributed by atoms with Crippen molar-refractivity contribution < 1.29 is 14.1 Å². The lowest BCUT2D eigenvalue weighted by Crippen LogP contribution is -3.08. The Kier molecular flexibility index (Phi) is 5.47. The highest BCUT2D eigenvalue weighted by molar-refractivity contribution is 9.10. The van der Waals surface area contributed by atoms with E-state index in [4.69, 9.17) is 0 Å². The number of benzene rings is 2. The first kappa shape index (κ1) is 15.7. The molecule has 1 amide bonds. The zero-order valence-corrected chi connectivity index (χ0v) is 13.3. The molecule has 1 unspecified atom stereocenters. The van der Waals surface area contributed by atoms with Crippen LogP contribution in [0.3, 0.4) is 0 Å². The number of rotatable bonds is 5. The summed E-state index contributed by atoms with van der Waals surface area (Å²) < 4.78 is 13.8. The summed E-state index contributed by atoms with van der Waals surface area (Å²) >= 11 is 3.40. The molecule has 1 atom stereocenters. The van der Waals surface area contributed by atoms with E-state index in [0.717, 1.165) is 15.9 Å². The zero-order chi connectivity index (χ0) is 15.2. The molecule has 2 aromatic rings. The predicted molar refractivity (Wildman–Crippen MR) is 84.6 cm³/mol. The summed E-state index contributed by atoms with van der Waals surface area (Å²) in [4.78, 5) is 13.0. The lowest BCUT2D eigenvalue weighted by Gasteiger charge is -2.14. The quantitative estimate of drug-likeness (QED) is 0.850. The van der Waals surface area contributed by atoms with Crippen LogP contribution in [0, 0.1) is 5.82 Å². The van der Waals surface area contributed by atoms with Gasteiger partial charge in [0.25, 0.3) is 5.91 Å². The lowest BCUT2D eigenvalue weighted by atomic mass is 10.2. The molecule has 0 radical (unpaired) electrons. The predicted octanol–water partition coefficient (Wildman–Crippen LogP) is 2.24. The van der Waals surface area contributed by atoms with Crippen LogP contribution in [0.1, 0.15) is 5.56 Å². The van der Waals surface area contributed by atoms with Crippen LogP contribution in [-0.2, 0) is 11.3 Å². The Hall–Kier alpha value is -1.72. The molecule has 0 aromatic heterocycles. The third-order valence-electron chi connectivity index (χ3n) is 3.01. The highest BCUT2D eigenvalue weighted by Crippen LogP contribution is 2.09. The van der Waals surface area contributed by atoms with Gasteiger partial charge in [-0.3, -0.25) is 4.79 Å². The maximum atomic E-state index is 12.8. The van der Waals surface area contributed by atoms with Crippen molar-refractivity contribution in [1.29, 1.82) is 0 Å². The van der Waals surface area contributed by atoms with Gasteiger partial charge in [-0.1, -0.05) is 28.1 Å². The van der Waals surface area contributed by atoms with Gasteiger partial charge >= 0.3 is 0 Å². The highest BCUT2D eigenvalue weighted by atomic mass is 79.9. The molecule has 0 aliphatic carbocycles. The maximum absolute atomic E-state index is 12.8. The van der Waals surface area contributed by atoms with Gasteiger partial charge < -0.3 is 10.2 Å². The van der Waals surface area contributed by atoms with Gasteiger partial charge in [0, 0.05) is 15.7 Å². The van der Waals surface area contributed by atoms with E-state index in [0.29, 0.717) is 12.2 Å². The summed E-state index contributed by atoms with van der Waals surface area (Å²) in [5.41, 5.74) is 1.78. The maximum Gasteiger partial charge on any atom is 0.279 e.